The van der Waals surface area contributed by atoms with E-state index in [2.05, 4.69) is 0 Å². The molecule has 0 aromatic carbocycles. The van der Waals surface area contributed by atoms with E-state index in [0.717, 1.165) is 6.07 Å². The molecule has 0 radical (unpaired) electrons. The summed E-state index contributed by atoms with van der Waals surface area (Å²) in [4.78, 5) is 0. The first-order valence-electron chi connectivity index (χ1n) is 6.70. The summed E-state index contributed by atoms with van der Waals surface area (Å²) in [6.45, 7) is 0. The third-order valence-corrected chi connectivity index (χ3v) is 7.01. The van der Waals surface area contributed by atoms with E-state index in [0.29, 0.717) is 11.3 Å². The number of alkyl halides is 6. The molecule has 1 saturated carbocycles. The molecular formula is C12H12ClF6NO2S2. The summed E-state index contributed by atoms with van der Waals surface area (Å²) in [6, 6.07) is 0.960. The molecule has 1 aliphatic carbocycles. The number of hydrogen-bond donors (Lipinski definition) is 1. The molecule has 2 unspecified atom stereocenters. The fourth-order valence-corrected chi connectivity index (χ4v) is 5.43. The third kappa shape index (κ3) is 4.77. The lowest BCUT2D eigenvalue weighted by molar-refractivity contribution is -0.224. The highest BCUT2D eigenvalue weighted by atomic mass is 35.5. The maximum atomic E-state index is 12.9. The van der Waals surface area contributed by atoms with Crippen molar-refractivity contribution in [2.45, 2.75) is 41.9 Å². The summed E-state index contributed by atoms with van der Waals surface area (Å²) in [5.74, 6) is -4.42. The largest absolute Gasteiger partial charge is 0.391 e. The van der Waals surface area contributed by atoms with Crippen molar-refractivity contribution >= 4 is 33.0 Å². The van der Waals surface area contributed by atoms with E-state index in [-0.39, 0.29) is 8.55 Å². The van der Waals surface area contributed by atoms with Crippen molar-refractivity contribution in [1.29, 1.82) is 0 Å². The lowest BCUT2D eigenvalue weighted by Crippen LogP contribution is -2.46. The van der Waals surface area contributed by atoms with Crippen LogP contribution < -0.4 is 4.72 Å². The quantitative estimate of drug-likeness (QED) is 0.734. The molecule has 12 heteroatoms. The van der Waals surface area contributed by atoms with Crippen molar-refractivity contribution in [3.8, 4) is 0 Å². The second-order valence-corrected chi connectivity index (χ2v) is 9.22. The Hall–Kier alpha value is -0.520. The molecule has 2 atom stereocenters. The van der Waals surface area contributed by atoms with E-state index in [1.165, 1.54) is 6.07 Å². The van der Waals surface area contributed by atoms with Crippen LogP contribution in [-0.4, -0.2) is 26.8 Å². The molecule has 1 N–H and O–H groups in total. The Balaban J connectivity index is 2.21. The zero-order valence-corrected chi connectivity index (χ0v) is 14.2. The molecule has 0 aliphatic heterocycles. The first kappa shape index (κ1) is 19.8. The number of sulfonamides is 1. The highest BCUT2D eigenvalue weighted by molar-refractivity contribution is 7.91. The number of nitrogens with one attached hydrogen (secondary N) is 1. The Morgan fingerprint density at radius 2 is 1.50 bits per heavy atom. The van der Waals surface area contributed by atoms with Gasteiger partial charge < -0.3 is 0 Å². The highest BCUT2D eigenvalue weighted by Crippen LogP contribution is 2.45. The number of hydrogen-bond acceptors (Lipinski definition) is 3. The summed E-state index contributed by atoms with van der Waals surface area (Å²) >= 11 is 6.27. The normalized spacial score (nSPS) is 26.5. The van der Waals surface area contributed by atoms with E-state index in [1.807, 2.05) is 4.72 Å². The molecule has 1 fully saturated rings. The predicted molar refractivity (Wildman–Crippen MR) is 76.4 cm³/mol. The average molecular weight is 416 g/mol. The van der Waals surface area contributed by atoms with Crippen molar-refractivity contribution in [1.82, 2.24) is 4.72 Å². The summed E-state index contributed by atoms with van der Waals surface area (Å²) in [5, 5.41) is 0. The molecule has 0 spiro atoms. The lowest BCUT2D eigenvalue weighted by atomic mass is 9.78. The molecule has 1 aliphatic rings. The Kier molecular flexibility index (Phi) is 5.49. The van der Waals surface area contributed by atoms with Crippen LogP contribution in [-0.2, 0) is 10.0 Å². The van der Waals surface area contributed by atoms with Gasteiger partial charge in [0.15, 0.2) is 0 Å². The summed E-state index contributed by atoms with van der Waals surface area (Å²) in [5.41, 5.74) is 0. The van der Waals surface area contributed by atoms with Gasteiger partial charge in [0.2, 0.25) is 10.0 Å². The van der Waals surface area contributed by atoms with E-state index in [4.69, 9.17) is 11.6 Å². The van der Waals surface area contributed by atoms with Crippen LogP contribution in [0, 0.1) is 11.8 Å². The molecule has 1 heterocycles. The molecule has 138 valence electrons. The number of rotatable bonds is 3. The van der Waals surface area contributed by atoms with Gasteiger partial charge in [-0.2, -0.15) is 26.3 Å². The second kappa shape index (κ2) is 6.65. The molecular weight excluding hydrogens is 404 g/mol. The van der Waals surface area contributed by atoms with Crippen molar-refractivity contribution in [3.63, 3.8) is 0 Å². The van der Waals surface area contributed by atoms with Crippen LogP contribution in [0.3, 0.4) is 0 Å². The average Bonchev–Trinajstić information content (AvgIpc) is 2.83. The fourth-order valence-electron chi connectivity index (χ4n) is 2.67. The van der Waals surface area contributed by atoms with Crippen LogP contribution in [0.1, 0.15) is 19.3 Å². The van der Waals surface area contributed by atoms with Gasteiger partial charge in [0.25, 0.3) is 0 Å². The minimum absolute atomic E-state index is 0.139. The SMILES string of the molecule is O=S(=O)(NC1CC(C(F)(F)F)CC(C(F)(F)F)C1)c1ccc(Cl)s1. The molecule has 3 nitrogen and oxygen atoms in total. The Labute approximate surface area is 143 Å². The highest BCUT2D eigenvalue weighted by Gasteiger charge is 2.52. The van der Waals surface area contributed by atoms with Gasteiger partial charge in [-0.1, -0.05) is 11.6 Å². The molecule has 0 bridgehead atoms. The zero-order valence-electron chi connectivity index (χ0n) is 11.8. The number of thiophene rings is 1. The van der Waals surface area contributed by atoms with Crippen LogP contribution in [0.4, 0.5) is 26.3 Å². The van der Waals surface area contributed by atoms with Crippen molar-refractivity contribution in [2.24, 2.45) is 11.8 Å². The van der Waals surface area contributed by atoms with Gasteiger partial charge in [0.05, 0.1) is 16.2 Å². The smallest absolute Gasteiger partial charge is 0.207 e. The Morgan fingerprint density at radius 1 is 1.00 bits per heavy atom. The van der Waals surface area contributed by atoms with E-state index in [1.54, 1.807) is 0 Å². The van der Waals surface area contributed by atoms with Crippen LogP contribution in [0.15, 0.2) is 16.3 Å². The molecule has 0 saturated heterocycles. The fraction of sp³-hybridized carbons (Fsp3) is 0.667. The van der Waals surface area contributed by atoms with Crippen LogP contribution in [0.2, 0.25) is 4.34 Å². The maximum absolute atomic E-state index is 12.9. The predicted octanol–water partition coefficient (Wildman–Crippen LogP) is 4.59. The standard InChI is InChI=1S/C12H12ClF6NO2S2/c13-9-1-2-10(23-9)24(21,22)20-8-4-6(11(14,15)16)3-7(5-8)12(17,18)19/h1-2,6-8,20H,3-5H2. The first-order chi connectivity index (χ1) is 10.8. The van der Waals surface area contributed by atoms with E-state index < -0.39 is 59.5 Å². The Bertz CT molecular complexity index is 662. The summed E-state index contributed by atoms with van der Waals surface area (Å²) in [7, 11) is -4.23. The van der Waals surface area contributed by atoms with Gasteiger partial charge in [0, 0.05) is 6.04 Å². The third-order valence-electron chi connectivity index (χ3n) is 3.77. The summed E-state index contributed by atoms with van der Waals surface area (Å²) in [6.07, 6.45) is -12.2. The van der Waals surface area contributed by atoms with Gasteiger partial charge in [-0.05, 0) is 31.4 Å². The Morgan fingerprint density at radius 3 is 1.88 bits per heavy atom. The topological polar surface area (TPSA) is 46.2 Å². The van der Waals surface area contributed by atoms with E-state index >= 15 is 0 Å². The summed E-state index contributed by atoms with van der Waals surface area (Å²) < 4.78 is 103. The van der Waals surface area contributed by atoms with Crippen LogP contribution in [0.25, 0.3) is 0 Å². The van der Waals surface area contributed by atoms with E-state index in [9.17, 15) is 34.8 Å². The van der Waals surface area contributed by atoms with Gasteiger partial charge in [-0.3, -0.25) is 0 Å². The lowest BCUT2D eigenvalue weighted by Gasteiger charge is -2.36. The first-order valence-corrected chi connectivity index (χ1v) is 9.38. The maximum Gasteiger partial charge on any atom is 0.391 e. The van der Waals surface area contributed by atoms with Crippen molar-refractivity contribution in [2.75, 3.05) is 0 Å². The van der Waals surface area contributed by atoms with Gasteiger partial charge in [-0.25, -0.2) is 13.1 Å². The molecule has 0 amide bonds. The van der Waals surface area contributed by atoms with Gasteiger partial charge in [-0.15, -0.1) is 11.3 Å². The molecule has 1 aromatic heterocycles. The molecule has 2 rings (SSSR count). The van der Waals surface area contributed by atoms with Gasteiger partial charge in [0.1, 0.15) is 4.21 Å². The minimum atomic E-state index is -4.82. The van der Waals surface area contributed by atoms with Crippen LogP contribution >= 0.6 is 22.9 Å². The van der Waals surface area contributed by atoms with Crippen molar-refractivity contribution in [3.05, 3.63) is 16.5 Å². The molecule has 1 aromatic rings. The second-order valence-electron chi connectivity index (χ2n) is 5.56. The monoisotopic (exact) mass is 415 g/mol. The van der Waals surface area contributed by atoms with Crippen LogP contribution in [0.5, 0.6) is 0 Å². The zero-order chi connectivity index (χ0) is 18.3. The minimum Gasteiger partial charge on any atom is -0.207 e. The van der Waals surface area contributed by atoms with Gasteiger partial charge >= 0.3 is 12.4 Å². The number of halogens is 7. The molecule has 24 heavy (non-hydrogen) atoms. The van der Waals surface area contributed by atoms with Crippen molar-refractivity contribution < 1.29 is 34.8 Å².